The van der Waals surface area contributed by atoms with Crippen LogP contribution in [0.4, 0.5) is 0 Å². The third-order valence-corrected chi connectivity index (χ3v) is 5.98. The van der Waals surface area contributed by atoms with Crippen molar-refractivity contribution in [3.8, 4) is 5.69 Å². The first-order valence-corrected chi connectivity index (χ1v) is 9.98. The summed E-state index contributed by atoms with van der Waals surface area (Å²) in [5.41, 5.74) is 5.43. The predicted octanol–water partition coefficient (Wildman–Crippen LogP) is 7.29. The zero-order valence-electron chi connectivity index (χ0n) is 14.3. The molecule has 6 aromatic rings. The van der Waals surface area contributed by atoms with Gasteiger partial charge < -0.3 is 8.98 Å². The Morgan fingerprint density at radius 2 is 1.37 bits per heavy atom. The topological polar surface area (TPSA) is 18.1 Å². The second-order valence-electron chi connectivity index (χ2n) is 6.76. The molecule has 0 aliphatic carbocycles. The van der Waals surface area contributed by atoms with Gasteiger partial charge in [0.05, 0.1) is 16.4 Å². The summed E-state index contributed by atoms with van der Waals surface area (Å²) in [5, 5.41) is 4.73. The Hall–Kier alpha value is -2.79. The summed E-state index contributed by atoms with van der Waals surface area (Å²) >= 11 is 2.35. The van der Waals surface area contributed by atoms with E-state index in [4.69, 9.17) is 4.42 Å². The molecule has 0 bridgehead atoms. The van der Waals surface area contributed by atoms with Gasteiger partial charge in [0.15, 0.2) is 0 Å². The van der Waals surface area contributed by atoms with Crippen molar-refractivity contribution in [2.24, 2.45) is 0 Å². The van der Waals surface area contributed by atoms with Crippen LogP contribution in [0, 0.1) is 3.57 Å². The van der Waals surface area contributed by atoms with Crippen molar-refractivity contribution < 1.29 is 4.42 Å². The molecular weight excluding hydrogens is 445 g/mol. The van der Waals surface area contributed by atoms with Crippen molar-refractivity contribution in [1.29, 1.82) is 0 Å². The van der Waals surface area contributed by atoms with E-state index in [1.54, 1.807) is 0 Å². The third-order valence-electron chi connectivity index (χ3n) is 5.26. The lowest BCUT2D eigenvalue weighted by atomic mass is 10.1. The molecule has 0 spiro atoms. The lowest BCUT2D eigenvalue weighted by Gasteiger charge is -2.07. The molecule has 0 N–H and O–H groups in total. The Morgan fingerprint density at radius 3 is 2.22 bits per heavy atom. The Balaban J connectivity index is 1.85. The summed E-state index contributed by atoms with van der Waals surface area (Å²) in [6, 6.07) is 29.9. The van der Waals surface area contributed by atoms with Crippen LogP contribution >= 0.6 is 22.6 Å². The summed E-state index contributed by atoms with van der Waals surface area (Å²) < 4.78 is 9.89. The van der Waals surface area contributed by atoms with Gasteiger partial charge in [-0.15, -0.1) is 0 Å². The van der Waals surface area contributed by atoms with E-state index in [0.717, 1.165) is 16.9 Å². The van der Waals surface area contributed by atoms with Crippen LogP contribution in [0.15, 0.2) is 89.3 Å². The predicted molar refractivity (Wildman–Crippen MR) is 121 cm³/mol. The fourth-order valence-corrected chi connectivity index (χ4v) is 4.46. The number of rotatable bonds is 1. The van der Waals surface area contributed by atoms with E-state index in [-0.39, 0.29) is 0 Å². The maximum absolute atomic E-state index is 6.33. The molecule has 0 radical (unpaired) electrons. The molecule has 0 fully saturated rings. The Kier molecular flexibility index (Phi) is 3.17. The minimum absolute atomic E-state index is 0.936. The molecule has 128 valence electrons. The van der Waals surface area contributed by atoms with Crippen molar-refractivity contribution in [2.45, 2.75) is 0 Å². The van der Waals surface area contributed by atoms with E-state index in [2.05, 4.69) is 100.0 Å². The standard InChI is InChI=1S/C24H14INO/c25-15-9-11-16(12-10-15)26-20-7-3-1-6-19(20)23-21(26)14-13-18-17-5-2-4-8-22(17)27-24(18)23/h1-14H. The minimum atomic E-state index is 0.936. The summed E-state index contributed by atoms with van der Waals surface area (Å²) in [4.78, 5) is 0. The smallest absolute Gasteiger partial charge is 0.145 e. The number of furan rings is 1. The Bertz CT molecular complexity index is 1470. The largest absolute Gasteiger partial charge is 0.455 e. The molecule has 4 aromatic carbocycles. The van der Waals surface area contributed by atoms with Gasteiger partial charge >= 0.3 is 0 Å². The quantitative estimate of drug-likeness (QED) is 0.236. The molecule has 0 unspecified atom stereocenters. The second kappa shape index (κ2) is 5.60. The normalized spacial score (nSPS) is 11.9. The molecule has 6 rings (SSSR count). The minimum Gasteiger partial charge on any atom is -0.455 e. The molecule has 0 aliphatic rings. The lowest BCUT2D eigenvalue weighted by Crippen LogP contribution is -1.93. The average molecular weight is 459 g/mol. The maximum atomic E-state index is 6.33. The highest BCUT2D eigenvalue weighted by atomic mass is 127. The third kappa shape index (κ3) is 2.12. The number of halogens is 1. The van der Waals surface area contributed by atoms with Crippen LogP contribution in [0.1, 0.15) is 0 Å². The van der Waals surface area contributed by atoms with E-state index in [9.17, 15) is 0 Å². The molecule has 0 amide bonds. The van der Waals surface area contributed by atoms with Crippen molar-refractivity contribution in [3.63, 3.8) is 0 Å². The van der Waals surface area contributed by atoms with Crippen LogP contribution in [0.25, 0.3) is 49.4 Å². The van der Waals surface area contributed by atoms with Crippen LogP contribution in [-0.2, 0) is 0 Å². The summed E-state index contributed by atoms with van der Waals surface area (Å²) in [6.45, 7) is 0. The van der Waals surface area contributed by atoms with Crippen molar-refractivity contribution >= 4 is 66.3 Å². The van der Waals surface area contributed by atoms with Crippen LogP contribution < -0.4 is 0 Å². The molecule has 0 saturated carbocycles. The van der Waals surface area contributed by atoms with E-state index in [0.29, 0.717) is 0 Å². The van der Waals surface area contributed by atoms with Crippen LogP contribution in [0.2, 0.25) is 0 Å². The highest BCUT2D eigenvalue weighted by Crippen LogP contribution is 2.40. The number of aromatic nitrogens is 1. The first-order valence-electron chi connectivity index (χ1n) is 8.90. The fourth-order valence-electron chi connectivity index (χ4n) is 4.10. The molecule has 0 saturated heterocycles. The van der Waals surface area contributed by atoms with Crippen molar-refractivity contribution in [3.05, 3.63) is 88.5 Å². The summed E-state index contributed by atoms with van der Waals surface area (Å²) in [6.07, 6.45) is 0. The lowest BCUT2D eigenvalue weighted by molar-refractivity contribution is 0.673. The number of hydrogen-bond donors (Lipinski definition) is 0. The number of para-hydroxylation sites is 2. The molecule has 27 heavy (non-hydrogen) atoms. The molecule has 2 aromatic heterocycles. The average Bonchev–Trinajstić information content (AvgIpc) is 3.24. The summed E-state index contributed by atoms with van der Waals surface area (Å²) in [5.74, 6) is 0. The molecule has 2 nitrogen and oxygen atoms in total. The van der Waals surface area contributed by atoms with Crippen molar-refractivity contribution in [1.82, 2.24) is 4.57 Å². The highest BCUT2D eigenvalue weighted by Gasteiger charge is 2.17. The van der Waals surface area contributed by atoms with Gasteiger partial charge in [0, 0.05) is 25.4 Å². The molecule has 2 heterocycles. The second-order valence-corrected chi connectivity index (χ2v) is 8.01. The van der Waals surface area contributed by atoms with E-state index in [1.807, 2.05) is 12.1 Å². The van der Waals surface area contributed by atoms with Crippen LogP contribution in [0.5, 0.6) is 0 Å². The number of hydrogen-bond acceptors (Lipinski definition) is 1. The van der Waals surface area contributed by atoms with Gasteiger partial charge in [-0.3, -0.25) is 0 Å². The van der Waals surface area contributed by atoms with E-state index in [1.165, 1.54) is 36.1 Å². The van der Waals surface area contributed by atoms with Gasteiger partial charge in [-0.1, -0.05) is 36.4 Å². The number of nitrogens with zero attached hydrogens (tertiary/aromatic N) is 1. The summed E-state index contributed by atoms with van der Waals surface area (Å²) in [7, 11) is 0. The molecule has 0 atom stereocenters. The zero-order chi connectivity index (χ0) is 18.0. The first-order chi connectivity index (χ1) is 13.3. The monoisotopic (exact) mass is 459 g/mol. The van der Waals surface area contributed by atoms with Gasteiger partial charge in [0.2, 0.25) is 0 Å². The fraction of sp³-hybridized carbons (Fsp3) is 0. The van der Waals surface area contributed by atoms with Crippen molar-refractivity contribution in [2.75, 3.05) is 0 Å². The number of benzene rings is 4. The molecular formula is C24H14INO. The maximum Gasteiger partial charge on any atom is 0.145 e. The Morgan fingerprint density at radius 1 is 0.630 bits per heavy atom. The Labute approximate surface area is 169 Å². The van der Waals surface area contributed by atoms with Gasteiger partial charge in [-0.05, 0) is 71.1 Å². The van der Waals surface area contributed by atoms with Gasteiger partial charge in [0.25, 0.3) is 0 Å². The SMILES string of the molecule is Ic1ccc(-n2c3ccccc3c3c4oc5ccccc5c4ccc32)cc1. The number of fused-ring (bicyclic) bond motifs is 7. The first kappa shape index (κ1) is 15.3. The van der Waals surface area contributed by atoms with Gasteiger partial charge in [0.1, 0.15) is 11.2 Å². The zero-order valence-corrected chi connectivity index (χ0v) is 16.5. The van der Waals surface area contributed by atoms with Crippen LogP contribution in [-0.4, -0.2) is 4.57 Å². The molecule has 3 heteroatoms. The molecule has 0 aliphatic heterocycles. The van der Waals surface area contributed by atoms with Gasteiger partial charge in [-0.2, -0.15) is 0 Å². The van der Waals surface area contributed by atoms with E-state index >= 15 is 0 Å². The van der Waals surface area contributed by atoms with Gasteiger partial charge in [-0.25, -0.2) is 0 Å². The van der Waals surface area contributed by atoms with E-state index < -0.39 is 0 Å². The van der Waals surface area contributed by atoms with Crippen LogP contribution in [0.3, 0.4) is 0 Å². The highest BCUT2D eigenvalue weighted by molar-refractivity contribution is 14.1.